The minimum Gasteiger partial charge on any atom is -0.478 e. The van der Waals surface area contributed by atoms with Crippen molar-refractivity contribution in [1.29, 1.82) is 0 Å². The molecule has 0 bridgehead atoms. The second-order valence-electron chi connectivity index (χ2n) is 5.11. The van der Waals surface area contributed by atoms with Crippen LogP contribution in [-0.2, 0) is 16.0 Å². The number of ether oxygens (including phenoxy) is 1. The molecule has 21 heavy (non-hydrogen) atoms. The number of carbonyl (C=O) groups excluding carboxylic acids is 1. The number of carboxylic acids is 1. The van der Waals surface area contributed by atoms with E-state index < -0.39 is 5.97 Å². The molecule has 0 aliphatic carbocycles. The van der Waals surface area contributed by atoms with Crippen LogP contribution >= 0.6 is 0 Å². The number of hydrogen-bond acceptors (Lipinski definition) is 3. The van der Waals surface area contributed by atoms with Gasteiger partial charge in [-0.2, -0.15) is 0 Å². The van der Waals surface area contributed by atoms with E-state index in [0.717, 1.165) is 5.56 Å². The van der Waals surface area contributed by atoms with Crippen molar-refractivity contribution >= 4 is 11.9 Å². The second-order valence-corrected chi connectivity index (χ2v) is 5.11. The number of rotatable bonds is 8. The van der Waals surface area contributed by atoms with Crippen LogP contribution in [0, 0.1) is 0 Å². The Morgan fingerprint density at radius 3 is 2.62 bits per heavy atom. The zero-order valence-electron chi connectivity index (χ0n) is 12.8. The van der Waals surface area contributed by atoms with E-state index in [0.29, 0.717) is 31.4 Å². The zero-order chi connectivity index (χ0) is 15.8. The van der Waals surface area contributed by atoms with E-state index in [9.17, 15) is 9.59 Å². The van der Waals surface area contributed by atoms with Crippen LogP contribution in [0.3, 0.4) is 0 Å². The predicted octanol–water partition coefficient (Wildman–Crippen LogP) is 2.20. The molecule has 1 atom stereocenters. The van der Waals surface area contributed by atoms with Crippen molar-refractivity contribution in [3.63, 3.8) is 0 Å². The molecule has 5 heteroatoms. The van der Waals surface area contributed by atoms with Crippen molar-refractivity contribution in [3.05, 3.63) is 35.4 Å². The van der Waals surface area contributed by atoms with Crippen LogP contribution in [0.2, 0.25) is 0 Å². The van der Waals surface area contributed by atoms with Crippen molar-refractivity contribution < 1.29 is 19.4 Å². The normalized spacial score (nSPS) is 12.0. The molecule has 0 aromatic heterocycles. The number of nitrogens with zero attached hydrogens (tertiary/aromatic N) is 1. The Balaban J connectivity index is 2.51. The average molecular weight is 293 g/mol. The van der Waals surface area contributed by atoms with Gasteiger partial charge in [0.15, 0.2) is 0 Å². The first-order valence-corrected chi connectivity index (χ1v) is 7.03. The molecule has 1 unspecified atom stereocenters. The minimum atomic E-state index is -0.937. The fourth-order valence-electron chi connectivity index (χ4n) is 2.00. The Morgan fingerprint density at radius 2 is 2.00 bits per heavy atom. The molecule has 0 aliphatic heterocycles. The van der Waals surface area contributed by atoms with E-state index >= 15 is 0 Å². The molecule has 1 rings (SSSR count). The first-order chi connectivity index (χ1) is 9.95. The van der Waals surface area contributed by atoms with Gasteiger partial charge in [-0.3, -0.25) is 4.79 Å². The van der Waals surface area contributed by atoms with Crippen LogP contribution in [0.4, 0.5) is 0 Å². The van der Waals surface area contributed by atoms with Crippen LogP contribution in [0.25, 0.3) is 0 Å². The molecule has 116 valence electrons. The van der Waals surface area contributed by atoms with Crippen molar-refractivity contribution in [3.8, 4) is 0 Å². The first-order valence-electron chi connectivity index (χ1n) is 7.03. The molecule has 1 aromatic carbocycles. The maximum atomic E-state index is 12.0. The largest absolute Gasteiger partial charge is 0.478 e. The Morgan fingerprint density at radius 1 is 1.33 bits per heavy atom. The minimum absolute atomic E-state index is 0.0479. The Labute approximate surface area is 125 Å². The third kappa shape index (κ3) is 5.55. The summed E-state index contributed by atoms with van der Waals surface area (Å²) in [6, 6.07) is 6.88. The second kappa shape index (κ2) is 8.42. The van der Waals surface area contributed by atoms with E-state index in [-0.39, 0.29) is 12.0 Å². The average Bonchev–Trinajstić information content (AvgIpc) is 2.49. The lowest BCUT2D eigenvalue weighted by molar-refractivity contribution is -0.130. The van der Waals surface area contributed by atoms with Crippen LogP contribution in [-0.4, -0.2) is 48.7 Å². The van der Waals surface area contributed by atoms with E-state index in [1.54, 1.807) is 37.3 Å². The molecule has 0 fully saturated rings. The quantitative estimate of drug-likeness (QED) is 0.798. The van der Waals surface area contributed by atoms with Crippen molar-refractivity contribution in [2.75, 3.05) is 20.7 Å². The molecule has 0 radical (unpaired) electrons. The van der Waals surface area contributed by atoms with Gasteiger partial charge in [0, 0.05) is 27.1 Å². The highest BCUT2D eigenvalue weighted by molar-refractivity contribution is 5.89. The number of hydrogen-bond donors (Lipinski definition) is 1. The summed E-state index contributed by atoms with van der Waals surface area (Å²) in [5, 5.41) is 9.12. The monoisotopic (exact) mass is 293 g/mol. The highest BCUT2D eigenvalue weighted by Crippen LogP contribution is 2.11. The number of aromatic carboxylic acids is 1. The van der Waals surface area contributed by atoms with Gasteiger partial charge >= 0.3 is 5.97 Å². The van der Waals surface area contributed by atoms with E-state index in [4.69, 9.17) is 9.84 Å². The molecule has 0 saturated carbocycles. The van der Waals surface area contributed by atoms with Crippen LogP contribution < -0.4 is 0 Å². The van der Waals surface area contributed by atoms with Crippen LogP contribution in [0.15, 0.2) is 24.3 Å². The fraction of sp³-hybridized carbons (Fsp3) is 0.500. The first kappa shape index (κ1) is 17.2. The number of amides is 1. The molecular weight excluding hydrogens is 270 g/mol. The smallest absolute Gasteiger partial charge is 0.335 e. The topological polar surface area (TPSA) is 66.8 Å². The molecule has 1 aromatic rings. The number of carboxylic acid groups (broad SMARTS) is 1. The number of methoxy groups -OCH3 is 1. The number of benzene rings is 1. The van der Waals surface area contributed by atoms with Gasteiger partial charge in [0.1, 0.15) is 0 Å². The van der Waals surface area contributed by atoms with Gasteiger partial charge in [-0.1, -0.05) is 18.2 Å². The third-order valence-electron chi connectivity index (χ3n) is 3.56. The van der Waals surface area contributed by atoms with Crippen molar-refractivity contribution in [1.82, 2.24) is 4.90 Å². The summed E-state index contributed by atoms with van der Waals surface area (Å²) >= 11 is 0. The van der Waals surface area contributed by atoms with Gasteiger partial charge in [-0.25, -0.2) is 4.79 Å². The molecular formula is C16H23NO4. The summed E-state index contributed by atoms with van der Waals surface area (Å²) in [6.07, 6.45) is 1.72. The van der Waals surface area contributed by atoms with Gasteiger partial charge in [-0.05, 0) is 31.4 Å². The molecule has 0 spiro atoms. The molecule has 0 heterocycles. The number of likely N-dealkylation sites (N-methyl/N-ethyl adjacent to an activating group) is 1. The molecule has 5 nitrogen and oxygen atoms in total. The Kier molecular flexibility index (Phi) is 6.88. The lowest BCUT2D eigenvalue weighted by Crippen LogP contribution is -2.29. The summed E-state index contributed by atoms with van der Waals surface area (Å²) in [5.74, 6) is -0.889. The number of carbonyl (C=O) groups is 2. The van der Waals surface area contributed by atoms with Gasteiger partial charge in [0.2, 0.25) is 5.91 Å². The van der Waals surface area contributed by atoms with Gasteiger partial charge in [0.25, 0.3) is 0 Å². The van der Waals surface area contributed by atoms with Gasteiger partial charge < -0.3 is 14.7 Å². The van der Waals surface area contributed by atoms with E-state index in [2.05, 4.69) is 0 Å². The lowest BCUT2D eigenvalue weighted by Gasteiger charge is -2.18. The highest BCUT2D eigenvalue weighted by Gasteiger charge is 2.13. The predicted molar refractivity (Wildman–Crippen MR) is 80.4 cm³/mol. The summed E-state index contributed by atoms with van der Waals surface area (Å²) in [7, 11) is 3.37. The summed E-state index contributed by atoms with van der Waals surface area (Å²) in [6.45, 7) is 2.43. The molecule has 1 N–H and O–H groups in total. The van der Waals surface area contributed by atoms with Crippen LogP contribution in [0.1, 0.15) is 35.7 Å². The highest BCUT2D eigenvalue weighted by atomic mass is 16.5. The van der Waals surface area contributed by atoms with E-state index in [1.165, 1.54) is 0 Å². The van der Waals surface area contributed by atoms with Crippen molar-refractivity contribution in [2.45, 2.75) is 32.3 Å². The standard InChI is InChI=1S/C16H23NO4/c1-12(21-3)8-9-15(18)17(2)11-10-13-6-4-5-7-14(13)16(19)20/h4-7,12H,8-11H2,1-3H3,(H,19,20). The lowest BCUT2D eigenvalue weighted by atomic mass is 10.0. The Bertz CT molecular complexity index is 487. The summed E-state index contributed by atoms with van der Waals surface area (Å²) in [5.41, 5.74) is 1.04. The summed E-state index contributed by atoms with van der Waals surface area (Å²) < 4.78 is 5.12. The zero-order valence-corrected chi connectivity index (χ0v) is 12.8. The van der Waals surface area contributed by atoms with Crippen LogP contribution in [0.5, 0.6) is 0 Å². The van der Waals surface area contributed by atoms with Gasteiger partial charge in [-0.15, -0.1) is 0 Å². The SMILES string of the molecule is COC(C)CCC(=O)N(C)CCc1ccccc1C(=O)O. The molecule has 1 amide bonds. The third-order valence-corrected chi connectivity index (χ3v) is 3.56. The maximum absolute atomic E-state index is 12.0. The molecule has 0 aliphatic rings. The Hall–Kier alpha value is -1.88. The fourth-order valence-corrected chi connectivity index (χ4v) is 2.00. The van der Waals surface area contributed by atoms with Crippen molar-refractivity contribution in [2.24, 2.45) is 0 Å². The molecule has 0 saturated heterocycles. The van der Waals surface area contributed by atoms with Gasteiger partial charge in [0.05, 0.1) is 11.7 Å². The van der Waals surface area contributed by atoms with E-state index in [1.807, 2.05) is 13.0 Å². The summed E-state index contributed by atoms with van der Waals surface area (Å²) in [4.78, 5) is 24.7. The maximum Gasteiger partial charge on any atom is 0.335 e.